The van der Waals surface area contributed by atoms with E-state index >= 15 is 0 Å². The SMILES string of the molecule is CCNC(=NCc1ncccc1C)NC1CCN(C(=O)C(C)C)CC1.I. The first-order chi connectivity index (χ1) is 12.0. The van der Waals surface area contributed by atoms with Crippen LogP contribution in [0.3, 0.4) is 0 Å². The van der Waals surface area contributed by atoms with Crippen molar-refractivity contribution in [1.29, 1.82) is 0 Å². The fraction of sp³-hybridized carbons (Fsp3) is 0.632. The maximum absolute atomic E-state index is 12.1. The van der Waals surface area contributed by atoms with Crippen molar-refractivity contribution >= 4 is 35.8 Å². The molecule has 2 heterocycles. The molecule has 146 valence electrons. The van der Waals surface area contributed by atoms with Crippen LogP contribution in [0.4, 0.5) is 0 Å². The molecule has 0 unspecified atom stereocenters. The van der Waals surface area contributed by atoms with Gasteiger partial charge in [0.25, 0.3) is 0 Å². The molecule has 0 saturated carbocycles. The molecule has 0 bridgehead atoms. The molecular formula is C19H32IN5O. The zero-order valence-electron chi connectivity index (χ0n) is 16.3. The number of nitrogens with zero attached hydrogens (tertiary/aromatic N) is 3. The summed E-state index contributed by atoms with van der Waals surface area (Å²) >= 11 is 0. The van der Waals surface area contributed by atoms with Gasteiger partial charge in [0.2, 0.25) is 5.91 Å². The highest BCUT2D eigenvalue weighted by Crippen LogP contribution is 2.13. The lowest BCUT2D eigenvalue weighted by Gasteiger charge is -2.34. The second kappa shape index (κ2) is 11.4. The number of piperidine rings is 1. The van der Waals surface area contributed by atoms with Crippen molar-refractivity contribution in [1.82, 2.24) is 20.5 Å². The molecule has 1 amide bonds. The molecule has 6 nitrogen and oxygen atoms in total. The molecule has 0 radical (unpaired) electrons. The van der Waals surface area contributed by atoms with Gasteiger partial charge >= 0.3 is 0 Å². The number of carbonyl (C=O) groups excluding carboxylic acids is 1. The molecule has 2 rings (SSSR count). The minimum Gasteiger partial charge on any atom is -0.357 e. The number of likely N-dealkylation sites (tertiary alicyclic amines) is 1. The molecule has 1 fully saturated rings. The second-order valence-electron chi connectivity index (χ2n) is 6.86. The lowest BCUT2D eigenvalue weighted by atomic mass is 10.0. The van der Waals surface area contributed by atoms with Crippen molar-refractivity contribution in [2.24, 2.45) is 10.9 Å². The highest BCUT2D eigenvalue weighted by molar-refractivity contribution is 14.0. The smallest absolute Gasteiger partial charge is 0.225 e. The van der Waals surface area contributed by atoms with Crippen LogP contribution in [0.1, 0.15) is 44.9 Å². The number of carbonyl (C=O) groups is 1. The standard InChI is InChI=1S/C19H31N5O.HI/c1-5-20-19(22-13-17-15(4)7-6-10-21-17)23-16-8-11-24(12-9-16)18(25)14(2)3;/h6-7,10,14,16H,5,8-9,11-13H2,1-4H3,(H2,20,22,23);1H. The highest BCUT2D eigenvalue weighted by atomic mass is 127. The third-order valence-corrected chi connectivity index (χ3v) is 4.49. The number of aliphatic imine (C=N–C) groups is 1. The number of pyridine rings is 1. The number of nitrogens with one attached hydrogen (secondary N) is 2. The molecule has 0 aliphatic carbocycles. The van der Waals surface area contributed by atoms with E-state index in [1.807, 2.05) is 24.8 Å². The summed E-state index contributed by atoms with van der Waals surface area (Å²) in [6, 6.07) is 4.34. The van der Waals surface area contributed by atoms with Gasteiger partial charge in [-0.3, -0.25) is 9.78 Å². The van der Waals surface area contributed by atoms with Gasteiger partial charge in [-0.05, 0) is 38.3 Å². The molecule has 0 spiro atoms. The number of hydrogen-bond donors (Lipinski definition) is 2. The minimum atomic E-state index is 0. The van der Waals surface area contributed by atoms with Gasteiger partial charge in [-0.25, -0.2) is 4.99 Å². The summed E-state index contributed by atoms with van der Waals surface area (Å²) in [7, 11) is 0. The molecule has 1 aliphatic heterocycles. The van der Waals surface area contributed by atoms with Gasteiger partial charge in [0.1, 0.15) is 0 Å². The third kappa shape index (κ3) is 6.74. The van der Waals surface area contributed by atoms with E-state index < -0.39 is 0 Å². The van der Waals surface area contributed by atoms with Crippen LogP contribution < -0.4 is 10.6 Å². The van der Waals surface area contributed by atoms with Gasteiger partial charge in [-0.1, -0.05) is 19.9 Å². The van der Waals surface area contributed by atoms with E-state index in [1.165, 1.54) is 0 Å². The van der Waals surface area contributed by atoms with Gasteiger partial charge < -0.3 is 15.5 Å². The van der Waals surface area contributed by atoms with E-state index in [1.54, 1.807) is 6.20 Å². The van der Waals surface area contributed by atoms with E-state index in [-0.39, 0.29) is 35.8 Å². The maximum Gasteiger partial charge on any atom is 0.225 e. The molecule has 0 aromatic carbocycles. The van der Waals surface area contributed by atoms with Crippen molar-refractivity contribution in [2.45, 2.75) is 53.1 Å². The number of amides is 1. The van der Waals surface area contributed by atoms with E-state index in [9.17, 15) is 4.79 Å². The average molecular weight is 473 g/mol. The number of aromatic nitrogens is 1. The summed E-state index contributed by atoms with van der Waals surface area (Å²) < 4.78 is 0. The zero-order valence-corrected chi connectivity index (χ0v) is 18.6. The van der Waals surface area contributed by atoms with Crippen molar-refractivity contribution in [3.05, 3.63) is 29.6 Å². The quantitative estimate of drug-likeness (QED) is 0.392. The zero-order chi connectivity index (χ0) is 18.2. The van der Waals surface area contributed by atoms with E-state index in [0.29, 0.717) is 12.6 Å². The van der Waals surface area contributed by atoms with Crippen molar-refractivity contribution in [3.8, 4) is 0 Å². The highest BCUT2D eigenvalue weighted by Gasteiger charge is 2.24. The van der Waals surface area contributed by atoms with Gasteiger partial charge in [0.15, 0.2) is 5.96 Å². The van der Waals surface area contributed by atoms with Crippen LogP contribution in [-0.2, 0) is 11.3 Å². The fourth-order valence-corrected chi connectivity index (χ4v) is 2.96. The van der Waals surface area contributed by atoms with Crippen molar-refractivity contribution in [2.75, 3.05) is 19.6 Å². The van der Waals surface area contributed by atoms with E-state index in [2.05, 4.69) is 40.5 Å². The van der Waals surface area contributed by atoms with Crippen LogP contribution >= 0.6 is 24.0 Å². The van der Waals surface area contributed by atoms with E-state index in [0.717, 1.165) is 49.7 Å². The Morgan fingerprint density at radius 2 is 2.08 bits per heavy atom. The molecule has 2 N–H and O–H groups in total. The van der Waals surface area contributed by atoms with Crippen LogP contribution in [-0.4, -0.2) is 47.4 Å². The van der Waals surface area contributed by atoms with E-state index in [4.69, 9.17) is 0 Å². The molecule has 1 aromatic heterocycles. The first-order valence-electron chi connectivity index (χ1n) is 9.25. The molecular weight excluding hydrogens is 441 g/mol. The Labute approximate surface area is 174 Å². The van der Waals surface area contributed by atoms with Crippen LogP contribution in [0.15, 0.2) is 23.3 Å². The first kappa shape index (κ1) is 22.7. The summed E-state index contributed by atoms with van der Waals surface area (Å²) in [5.41, 5.74) is 2.15. The topological polar surface area (TPSA) is 69.6 Å². The number of aryl methyl sites for hydroxylation is 1. The summed E-state index contributed by atoms with van der Waals surface area (Å²) in [5, 5.41) is 6.81. The Balaban J connectivity index is 0.00000338. The van der Waals surface area contributed by atoms with Crippen molar-refractivity contribution in [3.63, 3.8) is 0 Å². The van der Waals surface area contributed by atoms with Gasteiger partial charge in [-0.2, -0.15) is 0 Å². The minimum absolute atomic E-state index is 0. The predicted molar refractivity (Wildman–Crippen MR) is 117 cm³/mol. The molecule has 7 heteroatoms. The Morgan fingerprint density at radius 3 is 2.65 bits per heavy atom. The fourth-order valence-electron chi connectivity index (χ4n) is 2.96. The monoisotopic (exact) mass is 473 g/mol. The van der Waals surface area contributed by atoms with Crippen molar-refractivity contribution < 1.29 is 4.79 Å². The maximum atomic E-state index is 12.1. The Hall–Kier alpha value is -1.38. The predicted octanol–water partition coefficient (Wildman–Crippen LogP) is 2.71. The summed E-state index contributed by atoms with van der Waals surface area (Å²) in [4.78, 5) is 23.1. The van der Waals surface area contributed by atoms with Gasteiger partial charge in [0.05, 0.1) is 12.2 Å². The Bertz CT molecular complexity index is 597. The first-order valence-corrected chi connectivity index (χ1v) is 9.25. The number of guanidine groups is 1. The number of rotatable bonds is 5. The largest absolute Gasteiger partial charge is 0.357 e. The molecule has 0 atom stereocenters. The Kier molecular flexibility index (Phi) is 9.90. The van der Waals surface area contributed by atoms with Crippen LogP contribution in [0.2, 0.25) is 0 Å². The lowest BCUT2D eigenvalue weighted by molar-refractivity contribution is -0.135. The summed E-state index contributed by atoms with van der Waals surface area (Å²) in [6.45, 7) is 11.0. The molecule has 1 aliphatic rings. The summed E-state index contributed by atoms with van der Waals surface area (Å²) in [6.07, 6.45) is 3.70. The van der Waals surface area contributed by atoms with Crippen LogP contribution in [0.5, 0.6) is 0 Å². The number of hydrogen-bond acceptors (Lipinski definition) is 3. The second-order valence-corrected chi connectivity index (χ2v) is 6.86. The molecule has 26 heavy (non-hydrogen) atoms. The van der Waals surface area contributed by atoms with Gasteiger partial charge in [-0.15, -0.1) is 24.0 Å². The average Bonchev–Trinajstić information content (AvgIpc) is 2.61. The normalized spacial score (nSPS) is 15.6. The summed E-state index contributed by atoms with van der Waals surface area (Å²) in [5.74, 6) is 1.15. The van der Waals surface area contributed by atoms with Gasteiger partial charge in [0, 0.05) is 37.8 Å². The molecule has 1 saturated heterocycles. The van der Waals surface area contributed by atoms with Crippen LogP contribution in [0.25, 0.3) is 0 Å². The van der Waals surface area contributed by atoms with Crippen LogP contribution in [0, 0.1) is 12.8 Å². The third-order valence-electron chi connectivity index (χ3n) is 4.49. The lowest BCUT2D eigenvalue weighted by Crippen LogP contribution is -2.50. The molecule has 1 aromatic rings. The number of halogens is 1. The Morgan fingerprint density at radius 1 is 1.38 bits per heavy atom.